The predicted octanol–water partition coefficient (Wildman–Crippen LogP) is 1.08. The first-order valence-corrected chi connectivity index (χ1v) is 7.27. The number of anilines is 1. The van der Waals surface area contributed by atoms with E-state index in [9.17, 15) is 4.79 Å². The molecule has 3 rings (SSSR count). The molecular weight excluding hydrogens is 240 g/mol. The molecule has 0 amide bonds. The van der Waals surface area contributed by atoms with Gasteiger partial charge >= 0.3 is 0 Å². The summed E-state index contributed by atoms with van der Waals surface area (Å²) in [4.78, 5) is 21.6. The first kappa shape index (κ1) is 12.7. The molecule has 0 spiro atoms. The average Bonchev–Trinajstić information content (AvgIpc) is 3.23. The molecule has 0 radical (unpaired) electrons. The zero-order valence-electron chi connectivity index (χ0n) is 11.5. The number of aromatic amines is 1. The molecule has 104 valence electrons. The highest BCUT2D eigenvalue weighted by Crippen LogP contribution is 2.38. The van der Waals surface area contributed by atoms with Crippen LogP contribution in [0.25, 0.3) is 0 Å². The van der Waals surface area contributed by atoms with Crippen molar-refractivity contribution in [3.05, 3.63) is 22.2 Å². The number of hydrogen-bond acceptors (Lipinski definition) is 4. The maximum atomic E-state index is 11.8. The zero-order chi connectivity index (χ0) is 13.2. The van der Waals surface area contributed by atoms with E-state index in [1.54, 1.807) is 6.07 Å². The van der Waals surface area contributed by atoms with Crippen molar-refractivity contribution < 1.29 is 0 Å². The van der Waals surface area contributed by atoms with Crippen molar-refractivity contribution in [3.8, 4) is 0 Å². The molecule has 1 aliphatic heterocycles. The summed E-state index contributed by atoms with van der Waals surface area (Å²) in [5.74, 6) is 2.90. The highest BCUT2D eigenvalue weighted by molar-refractivity contribution is 5.38. The Morgan fingerprint density at radius 1 is 1.47 bits per heavy atom. The standard InChI is InChI=1S/C14H22N4O/c1-15-8-10-3-2-6-18(9-10)12-7-13(19)17-14(16-12)11-4-5-11/h7,10-11,15H,2-6,8-9H2,1H3,(H,16,17,19). The van der Waals surface area contributed by atoms with Crippen molar-refractivity contribution in [2.75, 3.05) is 31.6 Å². The van der Waals surface area contributed by atoms with E-state index in [0.717, 1.165) is 44.1 Å². The summed E-state index contributed by atoms with van der Waals surface area (Å²) in [6.45, 7) is 3.05. The Bertz CT molecular complexity index is 492. The van der Waals surface area contributed by atoms with Gasteiger partial charge in [-0.3, -0.25) is 4.79 Å². The smallest absolute Gasteiger partial charge is 0.252 e. The lowest BCUT2D eigenvalue weighted by atomic mass is 9.98. The molecule has 1 atom stereocenters. The number of H-pyrrole nitrogens is 1. The maximum absolute atomic E-state index is 11.8. The van der Waals surface area contributed by atoms with Crippen molar-refractivity contribution in [3.63, 3.8) is 0 Å². The number of nitrogens with zero attached hydrogens (tertiary/aromatic N) is 2. The first-order chi connectivity index (χ1) is 9.26. The Labute approximate surface area is 113 Å². The number of aromatic nitrogens is 2. The molecule has 1 unspecified atom stereocenters. The Hall–Kier alpha value is -1.36. The quantitative estimate of drug-likeness (QED) is 0.852. The lowest BCUT2D eigenvalue weighted by Gasteiger charge is -2.33. The zero-order valence-corrected chi connectivity index (χ0v) is 11.5. The van der Waals surface area contributed by atoms with Gasteiger partial charge in [0.1, 0.15) is 11.6 Å². The molecule has 5 heteroatoms. The summed E-state index contributed by atoms with van der Waals surface area (Å²) in [6, 6.07) is 1.65. The third kappa shape index (κ3) is 2.97. The Balaban J connectivity index is 1.78. The van der Waals surface area contributed by atoms with Gasteiger partial charge < -0.3 is 15.2 Å². The molecule has 19 heavy (non-hydrogen) atoms. The molecule has 1 aromatic heterocycles. The van der Waals surface area contributed by atoms with Crippen LogP contribution in [0, 0.1) is 5.92 Å². The predicted molar refractivity (Wildman–Crippen MR) is 75.7 cm³/mol. The van der Waals surface area contributed by atoms with Gasteiger partial charge in [0.2, 0.25) is 0 Å². The Kier molecular flexibility index (Phi) is 3.55. The monoisotopic (exact) mass is 262 g/mol. The van der Waals surface area contributed by atoms with Crippen LogP contribution in [0.15, 0.2) is 10.9 Å². The van der Waals surface area contributed by atoms with Crippen LogP contribution < -0.4 is 15.8 Å². The van der Waals surface area contributed by atoms with Crippen LogP contribution in [0.4, 0.5) is 5.82 Å². The van der Waals surface area contributed by atoms with Gasteiger partial charge in [0.05, 0.1) is 0 Å². The second-order valence-corrected chi connectivity index (χ2v) is 5.78. The van der Waals surface area contributed by atoms with Crippen molar-refractivity contribution >= 4 is 5.82 Å². The summed E-state index contributed by atoms with van der Waals surface area (Å²) in [7, 11) is 2.00. The number of hydrogen-bond donors (Lipinski definition) is 2. The van der Waals surface area contributed by atoms with Crippen LogP contribution >= 0.6 is 0 Å². The van der Waals surface area contributed by atoms with Crippen molar-refractivity contribution in [2.45, 2.75) is 31.6 Å². The van der Waals surface area contributed by atoms with Crippen LogP contribution in [0.5, 0.6) is 0 Å². The van der Waals surface area contributed by atoms with E-state index in [2.05, 4.69) is 20.2 Å². The van der Waals surface area contributed by atoms with Gasteiger partial charge in [0.25, 0.3) is 5.56 Å². The molecule has 2 heterocycles. The van der Waals surface area contributed by atoms with Gasteiger partial charge in [-0.25, -0.2) is 4.98 Å². The van der Waals surface area contributed by atoms with Crippen LogP contribution in [-0.4, -0.2) is 36.6 Å². The van der Waals surface area contributed by atoms with E-state index in [1.807, 2.05) is 7.05 Å². The van der Waals surface area contributed by atoms with Crippen LogP contribution in [0.2, 0.25) is 0 Å². The normalized spacial score (nSPS) is 23.6. The second kappa shape index (κ2) is 5.33. The van der Waals surface area contributed by atoms with Crippen LogP contribution in [0.3, 0.4) is 0 Å². The number of nitrogens with one attached hydrogen (secondary N) is 2. The third-order valence-corrected chi connectivity index (χ3v) is 4.05. The van der Waals surface area contributed by atoms with Gasteiger partial charge in [0, 0.05) is 25.1 Å². The molecule has 2 fully saturated rings. The third-order valence-electron chi connectivity index (χ3n) is 4.05. The lowest BCUT2D eigenvalue weighted by Crippen LogP contribution is -2.40. The lowest BCUT2D eigenvalue weighted by molar-refractivity contribution is 0.401. The fraction of sp³-hybridized carbons (Fsp3) is 0.714. The largest absolute Gasteiger partial charge is 0.356 e. The molecular formula is C14H22N4O. The van der Waals surface area contributed by atoms with Gasteiger partial charge in [-0.05, 0) is 45.2 Å². The highest BCUT2D eigenvalue weighted by atomic mass is 16.1. The molecule has 1 aliphatic carbocycles. The fourth-order valence-electron chi connectivity index (χ4n) is 2.90. The van der Waals surface area contributed by atoms with Crippen LogP contribution in [0.1, 0.15) is 37.4 Å². The van der Waals surface area contributed by atoms with Crippen molar-refractivity contribution in [1.82, 2.24) is 15.3 Å². The molecule has 2 N–H and O–H groups in total. The minimum atomic E-state index is -0.0114. The van der Waals surface area contributed by atoms with Gasteiger partial charge in [-0.1, -0.05) is 0 Å². The topological polar surface area (TPSA) is 61.0 Å². The Morgan fingerprint density at radius 3 is 3.05 bits per heavy atom. The summed E-state index contributed by atoms with van der Waals surface area (Å²) in [5.41, 5.74) is -0.0114. The van der Waals surface area contributed by atoms with E-state index >= 15 is 0 Å². The van der Waals surface area contributed by atoms with Crippen molar-refractivity contribution in [2.24, 2.45) is 5.92 Å². The minimum absolute atomic E-state index is 0.0114. The fourth-order valence-corrected chi connectivity index (χ4v) is 2.90. The number of rotatable bonds is 4. The molecule has 0 bridgehead atoms. The maximum Gasteiger partial charge on any atom is 0.252 e. The summed E-state index contributed by atoms with van der Waals surface area (Å²) in [6.07, 6.45) is 4.76. The van der Waals surface area contributed by atoms with E-state index in [4.69, 9.17) is 0 Å². The number of piperidine rings is 1. The Morgan fingerprint density at radius 2 is 2.32 bits per heavy atom. The van der Waals surface area contributed by atoms with Crippen LogP contribution in [-0.2, 0) is 0 Å². The molecule has 1 saturated carbocycles. The van der Waals surface area contributed by atoms with Gasteiger partial charge in [-0.15, -0.1) is 0 Å². The van der Waals surface area contributed by atoms with E-state index < -0.39 is 0 Å². The molecule has 5 nitrogen and oxygen atoms in total. The summed E-state index contributed by atoms with van der Waals surface area (Å²) < 4.78 is 0. The highest BCUT2D eigenvalue weighted by Gasteiger charge is 2.28. The summed E-state index contributed by atoms with van der Waals surface area (Å²) >= 11 is 0. The van der Waals surface area contributed by atoms with Crippen molar-refractivity contribution in [1.29, 1.82) is 0 Å². The van der Waals surface area contributed by atoms with Gasteiger partial charge in [0.15, 0.2) is 0 Å². The molecule has 0 aromatic carbocycles. The minimum Gasteiger partial charge on any atom is -0.356 e. The van der Waals surface area contributed by atoms with E-state index in [1.165, 1.54) is 12.8 Å². The molecule has 2 aliphatic rings. The SMILES string of the molecule is CNCC1CCCN(c2cc(=O)[nH]c(C3CC3)n2)C1. The average molecular weight is 262 g/mol. The van der Waals surface area contributed by atoms with E-state index in [-0.39, 0.29) is 5.56 Å². The van der Waals surface area contributed by atoms with E-state index in [0.29, 0.717) is 11.8 Å². The van der Waals surface area contributed by atoms with Gasteiger partial charge in [-0.2, -0.15) is 0 Å². The molecule has 1 aromatic rings. The second-order valence-electron chi connectivity index (χ2n) is 5.78. The molecule has 1 saturated heterocycles. The first-order valence-electron chi connectivity index (χ1n) is 7.27. The summed E-state index contributed by atoms with van der Waals surface area (Å²) in [5, 5.41) is 3.25.